The summed E-state index contributed by atoms with van der Waals surface area (Å²) < 4.78 is 42.3. The molecule has 121 heavy (non-hydrogen) atoms. The van der Waals surface area contributed by atoms with Crippen molar-refractivity contribution in [1.82, 2.24) is 0 Å². The van der Waals surface area contributed by atoms with Crippen molar-refractivity contribution in [3.63, 3.8) is 0 Å². The summed E-state index contributed by atoms with van der Waals surface area (Å²) in [5.74, 6) is -1.07. The topological polar surface area (TPSA) is 164 Å². The average molecular weight is 1600 g/mol. The second-order valence-electron chi connectivity index (χ2n) is 34.6. The number of amides is 4. The first-order valence-electron chi connectivity index (χ1n) is 42.7. The Balaban J connectivity index is 0.863. The molecule has 2 aliphatic carbocycles. The first-order valence-corrected chi connectivity index (χ1v) is 42.7. The molecule has 0 radical (unpaired) electrons. The lowest BCUT2D eigenvalue weighted by molar-refractivity contribution is 0.0174. The molecule has 0 spiro atoms. The third-order valence-corrected chi connectivity index (χ3v) is 25.6. The Bertz CT molecular complexity index is 6710. The number of carbonyl (C=O) groups is 6. The van der Waals surface area contributed by atoms with E-state index in [4.69, 9.17) is 28.4 Å². The van der Waals surface area contributed by atoms with Gasteiger partial charge >= 0.3 is 11.9 Å². The molecule has 2 aliphatic heterocycles. The van der Waals surface area contributed by atoms with E-state index in [2.05, 4.69) is 86.6 Å². The fourth-order valence-electron chi connectivity index (χ4n) is 19.8. The lowest BCUT2D eigenvalue weighted by Gasteiger charge is -2.35. The smallest absolute Gasteiger partial charge is 0.339 e. The molecule has 16 aromatic carbocycles. The number of hydrogen-bond acceptors (Lipinski definition) is 12. The molecule has 4 amide bonds. The van der Waals surface area contributed by atoms with Crippen LogP contribution in [0.15, 0.2) is 231 Å². The van der Waals surface area contributed by atoms with Gasteiger partial charge in [-0.05, 0) is 254 Å². The molecule has 2 heterocycles. The van der Waals surface area contributed by atoms with Crippen molar-refractivity contribution in [3.8, 4) is 57.1 Å². The van der Waals surface area contributed by atoms with Gasteiger partial charge in [0.05, 0.1) is 44.8 Å². The maximum Gasteiger partial charge on any atom is 0.339 e. The van der Waals surface area contributed by atoms with E-state index in [-0.39, 0.29) is 87.1 Å². The van der Waals surface area contributed by atoms with E-state index in [1.165, 1.54) is 9.80 Å². The van der Waals surface area contributed by atoms with E-state index < -0.39 is 29.6 Å². The van der Waals surface area contributed by atoms with E-state index in [9.17, 15) is 4.79 Å². The van der Waals surface area contributed by atoms with E-state index in [0.717, 1.165) is 123 Å². The second kappa shape index (κ2) is 30.1. The predicted octanol–water partition coefficient (Wildman–Crippen LogP) is 27.9. The third-order valence-electron chi connectivity index (χ3n) is 25.6. The summed E-state index contributed by atoms with van der Waals surface area (Å²) >= 11 is 0. The largest absolute Gasteiger partial charge is 0.459 e. The SMILES string of the molecule is CC1CCC(OC(=O)c2ccc3c4cccc5c(C(=O)OC6CCCCC6)cc(-c6cc(C(C)C)c(N7C(=O)c8cc(Oc9ccccc9)c9c%10c(Oc%11ccccc%11)cc%11c%12c(cc(Oc%13ccccc%13)c(c%13c(Oc%14ccccc%14)cc(c8c9%13)C7=O)c%12%10)C(=O)N(c7c(C(C)C)cccc7C(C)C)C%11=O)c(C(C)C)c6)c(c6cccc2c36)c54)CC1. The molecule has 0 atom stereocenters. The van der Waals surface area contributed by atoms with Gasteiger partial charge in [-0.15, -0.1) is 0 Å². The van der Waals surface area contributed by atoms with Crippen LogP contribution in [0.3, 0.4) is 0 Å². The first-order chi connectivity index (χ1) is 58.8. The Morgan fingerprint density at radius 3 is 1.07 bits per heavy atom. The minimum absolute atomic E-state index is 0.102. The summed E-state index contributed by atoms with van der Waals surface area (Å²) in [4.78, 5) is 101. The molecule has 0 saturated heterocycles. The first kappa shape index (κ1) is 76.2. The van der Waals surface area contributed by atoms with Crippen LogP contribution >= 0.6 is 0 Å². The quantitative estimate of drug-likeness (QED) is 0.0326. The van der Waals surface area contributed by atoms with Crippen molar-refractivity contribution < 1.29 is 57.2 Å². The lowest BCUT2D eigenvalue weighted by atomic mass is 9.79. The van der Waals surface area contributed by atoms with Gasteiger partial charge < -0.3 is 28.4 Å². The van der Waals surface area contributed by atoms with Crippen LogP contribution in [0, 0.1) is 5.92 Å². The van der Waals surface area contributed by atoms with Gasteiger partial charge in [-0.1, -0.05) is 202 Å². The monoisotopic (exact) mass is 1590 g/mol. The van der Waals surface area contributed by atoms with Gasteiger partial charge in [0.25, 0.3) is 23.6 Å². The van der Waals surface area contributed by atoms with Crippen LogP contribution in [0.5, 0.6) is 46.0 Å². The van der Waals surface area contributed by atoms with E-state index in [1.807, 2.05) is 182 Å². The average Bonchev–Trinajstić information content (AvgIpc) is 0.675. The standard InChI is InChI=1S/C107H90N2O12/c1-57(2)69-38-25-39-70(58(3)4)100(69)108-102(110)81-53-85(116-63-28-15-10-16-29-63)94-96-87(118-65-32-19-12-20-33-65)55-83-93-84(56-88(119-66-34-21-13-22-35-66)97(99(93)96)95-86(117-64-30-17-11-18-31-64)54-82(103(108)111)92(81)98(94)95)105(113)109(104(83)112)101-77(59(5)6)50-62(51-78(101)60(7)8)79-52-80(107(115)120-67-36-23-14-24-37-67)73-42-26-40-71-74-48-49-75(106(114)121-68-46-44-61(9)45-47-68)72-41-27-43-76(89(72)74)91(79)90(71)73/h10-13,15-22,25-35,38-43,48-61,67-68H,14,23-24,36-37,44-47H2,1-9H3. The van der Waals surface area contributed by atoms with Crippen LogP contribution < -0.4 is 28.7 Å². The molecule has 0 N–H and O–H groups in total. The van der Waals surface area contributed by atoms with Gasteiger partial charge in [0.1, 0.15) is 58.2 Å². The van der Waals surface area contributed by atoms with Crippen LogP contribution in [0.4, 0.5) is 11.4 Å². The van der Waals surface area contributed by atoms with Gasteiger partial charge in [-0.25, -0.2) is 19.4 Å². The number of benzene rings is 16. The molecule has 2 saturated carbocycles. The summed E-state index contributed by atoms with van der Waals surface area (Å²) in [6, 6.07) is 72.2. The molecule has 14 heteroatoms. The fraction of sp³-hybridized carbons (Fsp3) is 0.234. The van der Waals surface area contributed by atoms with Crippen molar-refractivity contribution in [2.45, 2.75) is 156 Å². The number of hydrogen-bond donors (Lipinski definition) is 0. The van der Waals surface area contributed by atoms with Gasteiger partial charge in [-0.3, -0.25) is 19.2 Å². The summed E-state index contributed by atoms with van der Waals surface area (Å²) in [7, 11) is 0. The zero-order valence-electron chi connectivity index (χ0n) is 69.1. The number of carbonyl (C=O) groups excluding carboxylic acids is 6. The Kier molecular flexibility index (Phi) is 19.0. The summed E-state index contributed by atoms with van der Waals surface area (Å²) in [5.41, 5.74) is 6.90. The van der Waals surface area contributed by atoms with E-state index in [0.29, 0.717) is 106 Å². The molecule has 4 aliphatic rings. The van der Waals surface area contributed by atoms with Crippen LogP contribution in [0.2, 0.25) is 0 Å². The Hall–Kier alpha value is -13.5. The number of imide groups is 2. The summed E-state index contributed by atoms with van der Waals surface area (Å²) in [6.07, 6.45) is 7.76. The molecule has 20 rings (SSSR count). The molecule has 600 valence electrons. The maximum absolute atomic E-state index is 17.4. The third kappa shape index (κ3) is 12.6. The number of esters is 2. The van der Waals surface area contributed by atoms with Crippen molar-refractivity contribution in [2.24, 2.45) is 5.92 Å². The van der Waals surface area contributed by atoms with Gasteiger partial charge in [0, 0.05) is 43.1 Å². The summed E-state index contributed by atoms with van der Waals surface area (Å²) in [5, 5.41) is 9.75. The number of para-hydroxylation sites is 5. The van der Waals surface area contributed by atoms with Crippen LogP contribution in [-0.4, -0.2) is 47.8 Å². The normalized spacial score (nSPS) is 15.9. The van der Waals surface area contributed by atoms with Crippen molar-refractivity contribution in [1.29, 1.82) is 0 Å². The maximum atomic E-state index is 17.4. The molecular weight excluding hydrogens is 1510 g/mol. The molecule has 0 unspecified atom stereocenters. The summed E-state index contributed by atoms with van der Waals surface area (Å²) in [6.45, 7) is 18.7. The van der Waals surface area contributed by atoms with Crippen LogP contribution in [0.1, 0.15) is 228 Å². The van der Waals surface area contributed by atoms with Crippen molar-refractivity contribution in [2.75, 3.05) is 9.80 Å². The van der Waals surface area contributed by atoms with Gasteiger partial charge in [0.15, 0.2) is 0 Å². The minimum atomic E-state index is -0.633. The van der Waals surface area contributed by atoms with Crippen LogP contribution in [0.25, 0.3) is 97.3 Å². The highest BCUT2D eigenvalue weighted by Gasteiger charge is 2.45. The molecule has 0 aromatic heterocycles. The molecular formula is C107H90N2O12. The Morgan fingerprint density at radius 2 is 0.653 bits per heavy atom. The molecule has 16 aromatic rings. The number of rotatable bonds is 19. The number of anilines is 2. The Labute approximate surface area is 701 Å². The highest BCUT2D eigenvalue weighted by atomic mass is 16.5. The Morgan fingerprint density at radius 1 is 0.298 bits per heavy atom. The fourth-order valence-corrected chi connectivity index (χ4v) is 19.8. The zero-order chi connectivity index (χ0) is 83.1. The number of nitrogens with zero attached hydrogens (tertiary/aromatic N) is 2. The minimum Gasteiger partial charge on any atom is -0.459 e. The number of fused-ring (bicyclic) bond motifs is 4. The zero-order valence-corrected chi connectivity index (χ0v) is 69.1. The van der Waals surface area contributed by atoms with E-state index >= 15 is 24.0 Å². The van der Waals surface area contributed by atoms with Crippen LogP contribution in [-0.2, 0) is 9.47 Å². The molecule has 14 nitrogen and oxygen atoms in total. The lowest BCUT2D eigenvalue weighted by Crippen LogP contribution is -2.42. The van der Waals surface area contributed by atoms with Crippen molar-refractivity contribution >= 4 is 133 Å². The van der Waals surface area contributed by atoms with Gasteiger partial charge in [-0.2, -0.15) is 0 Å². The highest BCUT2D eigenvalue weighted by molar-refractivity contribution is 6.48. The second-order valence-corrected chi connectivity index (χ2v) is 34.6. The predicted molar refractivity (Wildman–Crippen MR) is 481 cm³/mol. The van der Waals surface area contributed by atoms with Gasteiger partial charge in [0.2, 0.25) is 0 Å². The molecule has 0 bridgehead atoms. The highest BCUT2D eigenvalue weighted by Crippen LogP contribution is 2.60. The number of ether oxygens (including phenoxy) is 6. The van der Waals surface area contributed by atoms with E-state index in [1.54, 1.807) is 24.3 Å². The molecule has 2 fully saturated rings. The van der Waals surface area contributed by atoms with Crippen molar-refractivity contribution in [3.05, 3.63) is 286 Å².